The second kappa shape index (κ2) is 4.77. The first kappa shape index (κ1) is 10.6. The van der Waals surface area contributed by atoms with Crippen molar-refractivity contribution in [3.8, 4) is 0 Å². The van der Waals surface area contributed by atoms with Gasteiger partial charge >= 0.3 is 0 Å². The maximum Gasteiger partial charge on any atom is 0.193 e. The molecule has 2 aromatic rings. The maximum atomic E-state index is 4.55. The molecule has 0 aliphatic rings. The molecule has 0 spiro atoms. The number of hydrogen-bond donors (Lipinski definition) is 0. The van der Waals surface area contributed by atoms with Crippen molar-refractivity contribution in [3.05, 3.63) is 23.5 Å². The van der Waals surface area contributed by atoms with Crippen LogP contribution in [0.2, 0.25) is 0 Å². The summed E-state index contributed by atoms with van der Waals surface area (Å²) in [6.45, 7) is 0. The maximum absolute atomic E-state index is 4.55. The number of imidazole rings is 1. The summed E-state index contributed by atoms with van der Waals surface area (Å²) < 4.78 is 2.08. The van der Waals surface area contributed by atoms with Gasteiger partial charge in [-0.2, -0.15) is 0 Å². The molecular weight excluding hydrogens is 328 g/mol. The van der Waals surface area contributed by atoms with Gasteiger partial charge in [-0.15, -0.1) is 11.3 Å². The van der Waals surface area contributed by atoms with Gasteiger partial charge in [-0.25, -0.2) is 4.98 Å². The zero-order valence-corrected chi connectivity index (χ0v) is 11.5. The van der Waals surface area contributed by atoms with Crippen molar-refractivity contribution in [1.29, 1.82) is 0 Å². The van der Waals surface area contributed by atoms with E-state index in [1.807, 2.05) is 6.20 Å². The van der Waals surface area contributed by atoms with Gasteiger partial charge in [0, 0.05) is 28.4 Å². The molecule has 2 aromatic heterocycles. The number of hydrogen-bond acceptors (Lipinski definition) is 2. The monoisotopic (exact) mass is 336 g/mol. The Labute approximate surface area is 104 Å². The van der Waals surface area contributed by atoms with Gasteiger partial charge < -0.3 is 0 Å². The number of nitrogens with zero attached hydrogens (tertiary/aromatic N) is 2. The molecule has 2 heterocycles. The van der Waals surface area contributed by atoms with Crippen LogP contribution in [-0.4, -0.2) is 20.0 Å². The molecule has 0 unspecified atom stereocenters. The van der Waals surface area contributed by atoms with Gasteiger partial charge in [-0.1, -0.05) is 31.9 Å². The van der Waals surface area contributed by atoms with Crippen LogP contribution in [0.15, 0.2) is 17.8 Å². The van der Waals surface area contributed by atoms with Gasteiger partial charge in [0.1, 0.15) is 0 Å². The van der Waals surface area contributed by atoms with Crippen LogP contribution in [0.3, 0.4) is 0 Å². The molecule has 0 radical (unpaired) electrons. The molecule has 0 aliphatic heterocycles. The lowest BCUT2D eigenvalue weighted by atomic mass is 10.1. The molecule has 2 rings (SSSR count). The van der Waals surface area contributed by atoms with E-state index in [1.54, 1.807) is 11.3 Å². The summed E-state index contributed by atoms with van der Waals surface area (Å²) in [7, 11) is 0. The van der Waals surface area contributed by atoms with Gasteiger partial charge in [0.15, 0.2) is 4.96 Å². The van der Waals surface area contributed by atoms with Gasteiger partial charge in [-0.3, -0.25) is 4.40 Å². The average molecular weight is 338 g/mol. The number of rotatable bonds is 4. The van der Waals surface area contributed by atoms with Crippen LogP contribution in [0.5, 0.6) is 0 Å². The van der Waals surface area contributed by atoms with E-state index in [2.05, 4.69) is 52.8 Å². The zero-order chi connectivity index (χ0) is 9.97. The summed E-state index contributed by atoms with van der Waals surface area (Å²) in [6.07, 6.45) is 5.20. The van der Waals surface area contributed by atoms with E-state index in [9.17, 15) is 0 Å². The Morgan fingerprint density at radius 3 is 2.86 bits per heavy atom. The summed E-state index contributed by atoms with van der Waals surface area (Å²) in [5.41, 5.74) is 1.18. The highest BCUT2D eigenvalue weighted by Gasteiger charge is 2.09. The molecule has 0 saturated heterocycles. The zero-order valence-electron chi connectivity index (χ0n) is 7.49. The average Bonchev–Trinajstić information content (AvgIpc) is 2.73. The highest BCUT2D eigenvalue weighted by atomic mass is 79.9. The summed E-state index contributed by atoms with van der Waals surface area (Å²) in [4.78, 5) is 5.63. The normalized spacial score (nSPS) is 11.6. The third-order valence-corrected chi connectivity index (χ3v) is 4.68. The lowest BCUT2D eigenvalue weighted by Gasteiger charge is -2.06. The quantitative estimate of drug-likeness (QED) is 0.782. The molecule has 0 fully saturated rings. The highest BCUT2D eigenvalue weighted by Crippen LogP contribution is 2.16. The Morgan fingerprint density at radius 2 is 2.21 bits per heavy atom. The number of halogens is 2. The Bertz CT molecular complexity index is 377. The first-order valence-corrected chi connectivity index (χ1v) is 7.48. The van der Waals surface area contributed by atoms with Crippen molar-refractivity contribution >= 4 is 48.2 Å². The van der Waals surface area contributed by atoms with E-state index in [0.717, 1.165) is 22.0 Å². The van der Waals surface area contributed by atoms with Gasteiger partial charge in [0.25, 0.3) is 0 Å². The standard InChI is InChI=1S/C9H10Br2N2S/c10-4-7(5-11)3-8-6-13-1-2-14-9(13)12-8/h1-2,6-7H,3-5H2. The van der Waals surface area contributed by atoms with Crippen LogP contribution in [0, 0.1) is 5.92 Å². The molecule has 0 aliphatic carbocycles. The second-order valence-corrected chi connectivity index (χ2v) is 5.37. The summed E-state index contributed by atoms with van der Waals surface area (Å²) in [5.74, 6) is 0.625. The number of aromatic nitrogens is 2. The van der Waals surface area contributed by atoms with Gasteiger partial charge in [0.05, 0.1) is 5.69 Å². The van der Waals surface area contributed by atoms with Crippen molar-refractivity contribution in [2.75, 3.05) is 10.7 Å². The summed E-state index contributed by atoms with van der Waals surface area (Å²) in [5, 5.41) is 4.09. The number of thiazole rings is 1. The Morgan fingerprint density at radius 1 is 1.43 bits per heavy atom. The minimum absolute atomic E-state index is 0.625. The van der Waals surface area contributed by atoms with Crippen LogP contribution in [-0.2, 0) is 6.42 Å². The van der Waals surface area contributed by atoms with Crippen molar-refractivity contribution in [2.24, 2.45) is 5.92 Å². The lowest BCUT2D eigenvalue weighted by molar-refractivity contribution is 0.669. The molecule has 76 valence electrons. The number of alkyl halides is 2. The molecule has 0 bridgehead atoms. The van der Waals surface area contributed by atoms with E-state index >= 15 is 0 Å². The third kappa shape index (κ3) is 2.20. The van der Waals surface area contributed by atoms with Crippen LogP contribution in [0.1, 0.15) is 5.69 Å². The molecule has 0 saturated carbocycles. The predicted molar refractivity (Wildman–Crippen MR) is 67.9 cm³/mol. The Balaban J connectivity index is 2.14. The topological polar surface area (TPSA) is 17.3 Å². The molecule has 0 aromatic carbocycles. The minimum atomic E-state index is 0.625. The van der Waals surface area contributed by atoms with Crippen LogP contribution in [0.25, 0.3) is 4.96 Å². The molecule has 0 atom stereocenters. The van der Waals surface area contributed by atoms with Crippen molar-refractivity contribution < 1.29 is 0 Å². The first-order chi connectivity index (χ1) is 6.83. The smallest absolute Gasteiger partial charge is 0.193 e. The molecule has 5 heteroatoms. The Hall–Kier alpha value is 0.130. The number of fused-ring (bicyclic) bond motifs is 1. The molecular formula is C9H10Br2N2S. The van der Waals surface area contributed by atoms with Gasteiger partial charge in [0.2, 0.25) is 0 Å². The minimum Gasteiger partial charge on any atom is -0.297 e. The Kier molecular flexibility index (Phi) is 3.62. The summed E-state index contributed by atoms with van der Waals surface area (Å²) in [6, 6.07) is 0. The van der Waals surface area contributed by atoms with E-state index < -0.39 is 0 Å². The fourth-order valence-electron chi connectivity index (χ4n) is 1.32. The van der Waals surface area contributed by atoms with Gasteiger partial charge in [-0.05, 0) is 12.3 Å². The lowest BCUT2D eigenvalue weighted by Crippen LogP contribution is -2.07. The molecule has 14 heavy (non-hydrogen) atoms. The second-order valence-electron chi connectivity index (χ2n) is 3.20. The molecule has 0 amide bonds. The highest BCUT2D eigenvalue weighted by molar-refractivity contribution is 9.09. The van der Waals surface area contributed by atoms with Crippen molar-refractivity contribution in [2.45, 2.75) is 6.42 Å². The van der Waals surface area contributed by atoms with E-state index in [0.29, 0.717) is 5.92 Å². The first-order valence-electron chi connectivity index (χ1n) is 4.36. The van der Waals surface area contributed by atoms with Crippen molar-refractivity contribution in [1.82, 2.24) is 9.38 Å². The van der Waals surface area contributed by atoms with E-state index in [-0.39, 0.29) is 0 Å². The van der Waals surface area contributed by atoms with E-state index in [1.165, 1.54) is 5.69 Å². The largest absolute Gasteiger partial charge is 0.297 e. The SMILES string of the molecule is BrCC(CBr)Cc1cn2ccsc2n1. The van der Waals surface area contributed by atoms with E-state index in [4.69, 9.17) is 0 Å². The van der Waals surface area contributed by atoms with Crippen LogP contribution < -0.4 is 0 Å². The predicted octanol–water partition coefficient (Wildman–Crippen LogP) is 3.34. The summed E-state index contributed by atoms with van der Waals surface area (Å²) >= 11 is 8.69. The third-order valence-electron chi connectivity index (χ3n) is 2.08. The molecule has 2 nitrogen and oxygen atoms in total. The fraction of sp³-hybridized carbons (Fsp3) is 0.444. The van der Waals surface area contributed by atoms with Crippen LogP contribution in [0.4, 0.5) is 0 Å². The fourth-order valence-corrected chi connectivity index (χ4v) is 3.57. The van der Waals surface area contributed by atoms with Crippen molar-refractivity contribution in [3.63, 3.8) is 0 Å². The molecule has 0 N–H and O–H groups in total. The van der Waals surface area contributed by atoms with Crippen LogP contribution >= 0.6 is 43.2 Å².